The lowest BCUT2D eigenvalue weighted by Gasteiger charge is -2.37. The van der Waals surface area contributed by atoms with E-state index in [4.69, 9.17) is 9.97 Å². The number of pyridine rings is 2. The van der Waals surface area contributed by atoms with Gasteiger partial charge in [-0.15, -0.1) is 0 Å². The highest BCUT2D eigenvalue weighted by Crippen LogP contribution is 2.70. The summed E-state index contributed by atoms with van der Waals surface area (Å²) in [6, 6.07) is 68.0. The van der Waals surface area contributed by atoms with E-state index in [0.29, 0.717) is 0 Å². The summed E-state index contributed by atoms with van der Waals surface area (Å²) >= 11 is 0. The Morgan fingerprint density at radius 1 is 0.412 bits per heavy atom. The Morgan fingerprint density at radius 3 is 1.72 bits per heavy atom. The van der Waals surface area contributed by atoms with E-state index < -0.39 is 10.8 Å². The van der Waals surface area contributed by atoms with Gasteiger partial charge in [-0.05, 0) is 165 Å². The number of aryl methyl sites for hydroxylation is 4. The zero-order valence-corrected chi connectivity index (χ0v) is 39.3. The Balaban J connectivity index is 1.19. The van der Waals surface area contributed by atoms with Crippen LogP contribution in [0.2, 0.25) is 0 Å². The van der Waals surface area contributed by atoms with Crippen LogP contribution in [0, 0.1) is 27.7 Å². The summed E-state index contributed by atoms with van der Waals surface area (Å²) in [6.07, 6.45) is 4.06. The van der Waals surface area contributed by atoms with Crippen molar-refractivity contribution in [1.82, 2.24) is 9.97 Å². The number of hydrogen-bond donors (Lipinski definition) is 0. The van der Waals surface area contributed by atoms with Crippen LogP contribution in [0.15, 0.2) is 194 Å². The molecule has 68 heavy (non-hydrogen) atoms. The molecule has 0 N–H and O–H groups in total. The summed E-state index contributed by atoms with van der Waals surface area (Å²) < 4.78 is 0. The molecule has 0 fully saturated rings. The Kier molecular flexibility index (Phi) is 8.70. The van der Waals surface area contributed by atoms with Crippen molar-refractivity contribution in [2.24, 2.45) is 0 Å². The molecule has 0 atom stereocenters. The predicted molar refractivity (Wildman–Crippen MR) is 282 cm³/mol. The smallest absolute Gasteiger partial charge is 0.140 e. The molecule has 2 aromatic heterocycles. The van der Waals surface area contributed by atoms with Gasteiger partial charge in [-0.2, -0.15) is 0 Å². The highest BCUT2D eigenvalue weighted by molar-refractivity contribution is 6.10. The van der Waals surface area contributed by atoms with Crippen LogP contribution in [0.1, 0.15) is 69.6 Å². The Morgan fingerprint density at radius 2 is 1.03 bits per heavy atom. The normalized spacial score (nSPS) is 14.0. The van der Waals surface area contributed by atoms with Gasteiger partial charge in [0.05, 0.1) is 23.0 Å². The van der Waals surface area contributed by atoms with Gasteiger partial charge < -0.3 is 4.90 Å². The molecule has 10 aromatic rings. The second-order valence-corrected chi connectivity index (χ2v) is 19.6. The number of anilines is 6. The van der Waals surface area contributed by atoms with Gasteiger partial charge in [0.1, 0.15) is 5.82 Å². The van der Waals surface area contributed by atoms with Crippen LogP contribution < -0.4 is 9.80 Å². The Bertz CT molecular complexity index is 3670. The van der Waals surface area contributed by atoms with Crippen molar-refractivity contribution in [1.29, 1.82) is 0 Å². The topological polar surface area (TPSA) is 32.3 Å². The standard InChI is InChI=1S/C64H50N4/c1-39-33-41(3)62(66-37-39)67(44-20-9-7-10-21-44)46-30-32-50-52-36-56(68(45-22-11-8-12-23-45)57-38-65-42(4)34-40(57)2)58-51-31-29-43-19-13-14-24-47(43)59(51)64(61(58)60(52)63(5,6)55(50)35-46)53-27-17-15-25-48(53)49-26-16-18-28-54(49)64/h7-38H,1-6H3. The molecule has 0 bridgehead atoms. The van der Waals surface area contributed by atoms with E-state index in [9.17, 15) is 0 Å². The monoisotopic (exact) mass is 874 g/mol. The molecule has 0 saturated carbocycles. The molecular formula is C64H50N4. The van der Waals surface area contributed by atoms with Crippen molar-refractivity contribution in [2.75, 3.05) is 9.80 Å². The predicted octanol–water partition coefficient (Wildman–Crippen LogP) is 16.5. The summed E-state index contributed by atoms with van der Waals surface area (Å²) in [5.74, 6) is 0.930. The minimum Gasteiger partial charge on any atom is -0.308 e. The number of rotatable bonds is 6. The van der Waals surface area contributed by atoms with E-state index >= 15 is 0 Å². The summed E-state index contributed by atoms with van der Waals surface area (Å²) in [5, 5.41) is 2.52. The van der Waals surface area contributed by atoms with Crippen LogP contribution in [0.4, 0.5) is 34.3 Å². The maximum absolute atomic E-state index is 5.10. The molecule has 326 valence electrons. The van der Waals surface area contributed by atoms with E-state index in [2.05, 4.69) is 240 Å². The van der Waals surface area contributed by atoms with Crippen molar-refractivity contribution < 1.29 is 0 Å². The fraction of sp³-hybridized carbons (Fsp3) is 0.125. The molecule has 13 rings (SSSR count). The average molecular weight is 875 g/mol. The maximum Gasteiger partial charge on any atom is 0.140 e. The van der Waals surface area contributed by atoms with E-state index in [-0.39, 0.29) is 0 Å². The first-order valence-electron chi connectivity index (χ1n) is 23.8. The van der Waals surface area contributed by atoms with Crippen LogP contribution in [0.25, 0.3) is 44.2 Å². The molecule has 3 aliphatic carbocycles. The molecule has 1 spiro atoms. The van der Waals surface area contributed by atoms with Crippen LogP contribution in [-0.4, -0.2) is 9.97 Å². The van der Waals surface area contributed by atoms with Gasteiger partial charge in [-0.25, -0.2) is 4.98 Å². The van der Waals surface area contributed by atoms with Gasteiger partial charge in [-0.1, -0.05) is 147 Å². The SMILES string of the molecule is Cc1cnc(N(c2ccccc2)c2ccc3c(c2)C(C)(C)c2c-3cc(N(c3ccccc3)c3cnc(C)cc3C)c3c2C2(c4ccccc4-c4ccccc42)c2c-3ccc3ccccc23)c(C)c1. The van der Waals surface area contributed by atoms with Gasteiger partial charge in [0.15, 0.2) is 0 Å². The van der Waals surface area contributed by atoms with Gasteiger partial charge in [-0.3, -0.25) is 9.88 Å². The highest BCUT2D eigenvalue weighted by atomic mass is 15.2. The third-order valence-electron chi connectivity index (χ3n) is 15.2. The lowest BCUT2D eigenvalue weighted by atomic mass is 9.65. The van der Waals surface area contributed by atoms with Crippen molar-refractivity contribution >= 4 is 45.0 Å². The van der Waals surface area contributed by atoms with Crippen molar-refractivity contribution in [2.45, 2.75) is 52.4 Å². The van der Waals surface area contributed by atoms with Gasteiger partial charge >= 0.3 is 0 Å². The molecule has 3 aliphatic rings. The molecule has 0 saturated heterocycles. The van der Waals surface area contributed by atoms with E-state index in [1.54, 1.807) is 0 Å². The first-order valence-corrected chi connectivity index (χ1v) is 23.8. The van der Waals surface area contributed by atoms with Crippen LogP contribution >= 0.6 is 0 Å². The first kappa shape index (κ1) is 40.2. The highest BCUT2D eigenvalue weighted by Gasteiger charge is 2.57. The fourth-order valence-corrected chi connectivity index (χ4v) is 12.5. The second-order valence-electron chi connectivity index (χ2n) is 19.6. The number of nitrogens with zero attached hydrogens (tertiary/aromatic N) is 4. The molecule has 4 heteroatoms. The van der Waals surface area contributed by atoms with Crippen LogP contribution in [-0.2, 0) is 10.8 Å². The van der Waals surface area contributed by atoms with E-state index in [1.165, 1.54) is 83.1 Å². The van der Waals surface area contributed by atoms with Crippen molar-refractivity contribution in [3.05, 3.63) is 250 Å². The zero-order valence-electron chi connectivity index (χ0n) is 39.3. The molecular weight excluding hydrogens is 825 g/mol. The number of para-hydroxylation sites is 2. The first-order chi connectivity index (χ1) is 33.2. The fourth-order valence-electron chi connectivity index (χ4n) is 12.5. The zero-order chi connectivity index (χ0) is 46.1. The molecule has 2 heterocycles. The summed E-state index contributed by atoms with van der Waals surface area (Å²) in [4.78, 5) is 14.9. The maximum atomic E-state index is 5.10. The van der Waals surface area contributed by atoms with Crippen LogP contribution in [0.5, 0.6) is 0 Å². The Hall–Kier alpha value is -8.08. The van der Waals surface area contributed by atoms with Gasteiger partial charge in [0.2, 0.25) is 0 Å². The number of fused-ring (bicyclic) bond motifs is 16. The molecule has 0 unspecified atom stereocenters. The van der Waals surface area contributed by atoms with Crippen molar-refractivity contribution in [3.63, 3.8) is 0 Å². The molecule has 0 aliphatic heterocycles. The van der Waals surface area contributed by atoms with E-state index in [0.717, 1.165) is 51.1 Å². The molecule has 8 aromatic carbocycles. The molecule has 4 nitrogen and oxygen atoms in total. The summed E-state index contributed by atoms with van der Waals surface area (Å²) in [7, 11) is 0. The Labute approximate surface area is 398 Å². The molecule has 0 radical (unpaired) electrons. The lowest BCUT2D eigenvalue weighted by molar-refractivity contribution is 0.637. The number of aromatic nitrogens is 2. The van der Waals surface area contributed by atoms with Gasteiger partial charge in [0, 0.05) is 39.9 Å². The third kappa shape index (κ3) is 5.49. The quantitative estimate of drug-likeness (QED) is 0.167. The minimum atomic E-state index is -0.636. The van der Waals surface area contributed by atoms with Crippen molar-refractivity contribution in [3.8, 4) is 33.4 Å². The number of hydrogen-bond acceptors (Lipinski definition) is 4. The third-order valence-corrected chi connectivity index (χ3v) is 15.2. The molecule has 0 amide bonds. The average Bonchev–Trinajstić information content (AvgIpc) is 3.92. The van der Waals surface area contributed by atoms with Crippen LogP contribution in [0.3, 0.4) is 0 Å². The minimum absolute atomic E-state index is 0.433. The number of benzene rings is 8. The summed E-state index contributed by atoms with van der Waals surface area (Å²) in [5.41, 5.74) is 24.5. The largest absolute Gasteiger partial charge is 0.308 e. The lowest BCUT2D eigenvalue weighted by Crippen LogP contribution is -2.31. The summed E-state index contributed by atoms with van der Waals surface area (Å²) in [6.45, 7) is 13.5. The second kappa shape index (κ2) is 14.7. The van der Waals surface area contributed by atoms with Gasteiger partial charge in [0.25, 0.3) is 0 Å². The van der Waals surface area contributed by atoms with E-state index in [1.807, 2.05) is 6.20 Å².